The van der Waals surface area contributed by atoms with E-state index in [0.717, 1.165) is 5.56 Å². The fraction of sp³-hybridized carbons (Fsp3) is 0.550. The number of carboxylic acids is 1. The molecule has 8 heteroatoms. The summed E-state index contributed by atoms with van der Waals surface area (Å²) in [5, 5.41) is 14.4. The molecule has 8 nitrogen and oxygen atoms in total. The molecule has 0 saturated heterocycles. The molecule has 0 fully saturated rings. The van der Waals surface area contributed by atoms with Crippen molar-refractivity contribution in [1.29, 1.82) is 0 Å². The van der Waals surface area contributed by atoms with Gasteiger partial charge in [0.1, 0.15) is 12.6 Å². The fourth-order valence-corrected chi connectivity index (χ4v) is 2.60. The van der Waals surface area contributed by atoms with E-state index in [1.54, 1.807) is 0 Å². The number of carbonyl (C=O) groups excluding carboxylic acids is 2. The SMILES string of the molecule is CC(C)C[C@H](N)C(=O)NCCCC[C@H](NC(=O)OCc1ccccc1)C(=O)O. The summed E-state index contributed by atoms with van der Waals surface area (Å²) >= 11 is 0. The molecule has 5 N–H and O–H groups in total. The Morgan fingerprint density at radius 2 is 1.82 bits per heavy atom. The van der Waals surface area contributed by atoms with Gasteiger partial charge in [0.25, 0.3) is 0 Å². The highest BCUT2D eigenvalue weighted by Gasteiger charge is 2.20. The van der Waals surface area contributed by atoms with E-state index in [4.69, 9.17) is 10.5 Å². The van der Waals surface area contributed by atoms with Crippen LogP contribution in [0.25, 0.3) is 0 Å². The Labute approximate surface area is 165 Å². The molecule has 1 aromatic rings. The van der Waals surface area contributed by atoms with E-state index >= 15 is 0 Å². The number of carbonyl (C=O) groups is 3. The van der Waals surface area contributed by atoms with Crippen LogP contribution in [0.4, 0.5) is 4.79 Å². The summed E-state index contributed by atoms with van der Waals surface area (Å²) in [6.45, 7) is 4.48. The number of benzene rings is 1. The van der Waals surface area contributed by atoms with Gasteiger partial charge in [-0.3, -0.25) is 4.79 Å². The highest BCUT2D eigenvalue weighted by Crippen LogP contribution is 2.05. The lowest BCUT2D eigenvalue weighted by atomic mass is 10.0. The van der Waals surface area contributed by atoms with E-state index < -0.39 is 24.1 Å². The quantitative estimate of drug-likeness (QED) is 0.402. The first kappa shape index (κ1) is 23.4. The van der Waals surface area contributed by atoms with E-state index in [-0.39, 0.29) is 18.9 Å². The average Bonchev–Trinajstić information content (AvgIpc) is 2.65. The van der Waals surface area contributed by atoms with Crippen LogP contribution in [0.2, 0.25) is 0 Å². The molecule has 0 heterocycles. The molecular formula is C20H31N3O5. The predicted molar refractivity (Wildman–Crippen MR) is 105 cm³/mol. The molecule has 0 spiro atoms. The second kappa shape index (κ2) is 12.7. The third-order valence-corrected chi connectivity index (χ3v) is 4.08. The third-order valence-electron chi connectivity index (χ3n) is 4.08. The van der Waals surface area contributed by atoms with Crippen LogP contribution in [-0.2, 0) is 20.9 Å². The average molecular weight is 393 g/mol. The lowest BCUT2D eigenvalue weighted by molar-refractivity contribution is -0.139. The van der Waals surface area contributed by atoms with Crippen LogP contribution in [-0.4, -0.2) is 41.7 Å². The van der Waals surface area contributed by atoms with Crippen LogP contribution in [0.1, 0.15) is 45.1 Å². The maximum Gasteiger partial charge on any atom is 0.408 e. The Hall–Kier alpha value is -2.61. The number of aliphatic carboxylic acids is 1. The molecule has 0 aliphatic rings. The Bertz CT molecular complexity index is 622. The minimum atomic E-state index is -1.13. The summed E-state index contributed by atoms with van der Waals surface area (Å²) in [5.74, 6) is -0.990. The summed E-state index contributed by atoms with van der Waals surface area (Å²) in [5.41, 5.74) is 6.61. The van der Waals surface area contributed by atoms with Crippen LogP contribution >= 0.6 is 0 Å². The predicted octanol–water partition coefficient (Wildman–Crippen LogP) is 2.03. The number of hydrogen-bond donors (Lipinski definition) is 4. The molecule has 0 aliphatic heterocycles. The van der Waals surface area contributed by atoms with Crippen molar-refractivity contribution >= 4 is 18.0 Å². The van der Waals surface area contributed by atoms with Crippen molar-refractivity contribution in [2.45, 2.75) is 58.2 Å². The zero-order chi connectivity index (χ0) is 20.9. The van der Waals surface area contributed by atoms with Crippen LogP contribution in [0.15, 0.2) is 30.3 Å². The molecule has 0 bridgehead atoms. The maximum atomic E-state index is 11.8. The molecule has 1 aromatic carbocycles. The summed E-state index contributed by atoms with van der Waals surface area (Å²) < 4.78 is 5.04. The molecule has 2 atom stereocenters. The van der Waals surface area contributed by atoms with Crippen LogP contribution < -0.4 is 16.4 Å². The number of carboxylic acid groups (broad SMARTS) is 1. The van der Waals surface area contributed by atoms with E-state index in [1.807, 2.05) is 44.2 Å². The molecule has 2 amide bonds. The zero-order valence-electron chi connectivity index (χ0n) is 16.5. The number of unbranched alkanes of at least 4 members (excludes halogenated alkanes) is 1. The largest absolute Gasteiger partial charge is 0.480 e. The number of nitrogens with one attached hydrogen (secondary N) is 2. The van der Waals surface area contributed by atoms with Gasteiger partial charge in [-0.05, 0) is 37.2 Å². The summed E-state index contributed by atoms with van der Waals surface area (Å²) in [7, 11) is 0. The molecule has 1 rings (SSSR count). The monoisotopic (exact) mass is 393 g/mol. The van der Waals surface area contributed by atoms with Gasteiger partial charge in [-0.25, -0.2) is 9.59 Å². The zero-order valence-corrected chi connectivity index (χ0v) is 16.5. The smallest absolute Gasteiger partial charge is 0.408 e. The molecule has 0 saturated carbocycles. The molecule has 0 aliphatic carbocycles. The van der Waals surface area contributed by atoms with Gasteiger partial charge in [-0.2, -0.15) is 0 Å². The first-order chi connectivity index (χ1) is 13.3. The fourth-order valence-electron chi connectivity index (χ4n) is 2.60. The Kier molecular flexibility index (Phi) is 10.6. The van der Waals surface area contributed by atoms with E-state index in [9.17, 15) is 19.5 Å². The molecule has 156 valence electrons. The third kappa shape index (κ3) is 9.91. The van der Waals surface area contributed by atoms with Crippen LogP contribution in [0.5, 0.6) is 0 Å². The first-order valence-electron chi connectivity index (χ1n) is 9.53. The highest BCUT2D eigenvalue weighted by atomic mass is 16.5. The Morgan fingerprint density at radius 1 is 1.14 bits per heavy atom. The molecule has 0 unspecified atom stereocenters. The van der Waals surface area contributed by atoms with E-state index in [0.29, 0.717) is 31.7 Å². The van der Waals surface area contributed by atoms with Gasteiger partial charge in [-0.1, -0.05) is 44.2 Å². The summed E-state index contributed by atoms with van der Waals surface area (Å²) in [6.07, 6.45) is 1.19. The molecule has 0 aromatic heterocycles. The molecule has 28 heavy (non-hydrogen) atoms. The number of nitrogens with two attached hydrogens (primary N) is 1. The highest BCUT2D eigenvalue weighted by molar-refractivity contribution is 5.81. The van der Waals surface area contributed by atoms with Crippen molar-refractivity contribution in [3.63, 3.8) is 0 Å². The van der Waals surface area contributed by atoms with Crippen molar-refractivity contribution in [3.8, 4) is 0 Å². The van der Waals surface area contributed by atoms with Gasteiger partial charge in [-0.15, -0.1) is 0 Å². The minimum Gasteiger partial charge on any atom is -0.480 e. The Morgan fingerprint density at radius 3 is 2.43 bits per heavy atom. The number of amides is 2. The van der Waals surface area contributed by atoms with E-state index in [1.165, 1.54) is 0 Å². The van der Waals surface area contributed by atoms with Crippen molar-refractivity contribution in [2.75, 3.05) is 6.54 Å². The van der Waals surface area contributed by atoms with Gasteiger partial charge < -0.3 is 26.2 Å². The van der Waals surface area contributed by atoms with Gasteiger partial charge in [0.15, 0.2) is 0 Å². The number of rotatable bonds is 12. The van der Waals surface area contributed by atoms with Gasteiger partial charge in [0.05, 0.1) is 6.04 Å². The van der Waals surface area contributed by atoms with E-state index in [2.05, 4.69) is 10.6 Å². The standard InChI is InChI=1S/C20H31N3O5/c1-14(2)12-16(21)18(24)22-11-7-6-10-17(19(25)26)23-20(27)28-13-15-8-4-3-5-9-15/h3-5,8-9,14,16-17H,6-7,10-13,21H2,1-2H3,(H,22,24)(H,23,27)(H,25,26)/t16-,17-/m0/s1. The maximum absolute atomic E-state index is 11.8. The second-order valence-corrected chi connectivity index (χ2v) is 7.12. The van der Waals surface area contributed by atoms with Crippen molar-refractivity contribution < 1.29 is 24.2 Å². The van der Waals surface area contributed by atoms with Crippen molar-refractivity contribution in [3.05, 3.63) is 35.9 Å². The van der Waals surface area contributed by atoms with Crippen LogP contribution in [0, 0.1) is 5.92 Å². The Balaban J connectivity index is 2.26. The van der Waals surface area contributed by atoms with Gasteiger partial charge >= 0.3 is 12.1 Å². The first-order valence-corrected chi connectivity index (χ1v) is 9.53. The van der Waals surface area contributed by atoms with Gasteiger partial charge in [0, 0.05) is 6.54 Å². The lowest BCUT2D eigenvalue weighted by Crippen LogP contribution is -2.42. The number of alkyl carbamates (subject to hydrolysis) is 1. The second-order valence-electron chi connectivity index (χ2n) is 7.12. The van der Waals surface area contributed by atoms with Crippen LogP contribution in [0.3, 0.4) is 0 Å². The topological polar surface area (TPSA) is 131 Å². The molecule has 0 radical (unpaired) electrons. The number of hydrogen-bond acceptors (Lipinski definition) is 5. The number of ether oxygens (including phenoxy) is 1. The summed E-state index contributed by atoms with van der Waals surface area (Å²) in [6, 6.07) is 7.54. The van der Waals surface area contributed by atoms with Gasteiger partial charge in [0.2, 0.25) is 5.91 Å². The summed E-state index contributed by atoms with van der Waals surface area (Å²) in [4.78, 5) is 34.9. The van der Waals surface area contributed by atoms with Crippen molar-refractivity contribution in [2.24, 2.45) is 11.7 Å². The van der Waals surface area contributed by atoms with Crippen molar-refractivity contribution in [1.82, 2.24) is 10.6 Å². The minimum absolute atomic E-state index is 0.0711. The molecular weight excluding hydrogens is 362 g/mol. The lowest BCUT2D eigenvalue weighted by Gasteiger charge is -2.16. The normalized spacial score (nSPS) is 12.9.